The standard InChI is InChI=1S/C17H23NO5/c1-18(8-4-5-16(19)20)17(21)14-10-12(14)13-9-11(22-2)6-7-15(13)23-3/h6-7,9,12,14H,4-5,8,10H2,1-3H3,(H,19,20). The van der Waals surface area contributed by atoms with E-state index < -0.39 is 5.97 Å². The summed E-state index contributed by atoms with van der Waals surface area (Å²) >= 11 is 0. The van der Waals surface area contributed by atoms with E-state index in [9.17, 15) is 9.59 Å². The Hall–Kier alpha value is -2.24. The highest BCUT2D eigenvalue weighted by atomic mass is 16.5. The lowest BCUT2D eigenvalue weighted by molar-refractivity contribution is -0.138. The summed E-state index contributed by atoms with van der Waals surface area (Å²) in [5, 5.41) is 8.66. The van der Waals surface area contributed by atoms with Crippen LogP contribution >= 0.6 is 0 Å². The van der Waals surface area contributed by atoms with Crippen LogP contribution in [0.5, 0.6) is 11.5 Å². The number of methoxy groups -OCH3 is 2. The van der Waals surface area contributed by atoms with Gasteiger partial charge in [0.05, 0.1) is 14.2 Å². The molecule has 1 N–H and O–H groups in total. The van der Waals surface area contributed by atoms with E-state index in [1.807, 2.05) is 18.2 Å². The first-order valence-corrected chi connectivity index (χ1v) is 7.66. The summed E-state index contributed by atoms with van der Waals surface area (Å²) in [6.45, 7) is 0.462. The van der Waals surface area contributed by atoms with Gasteiger partial charge in [-0.15, -0.1) is 0 Å². The Balaban J connectivity index is 1.98. The Morgan fingerprint density at radius 2 is 2.04 bits per heavy atom. The lowest BCUT2D eigenvalue weighted by Gasteiger charge is -2.17. The summed E-state index contributed by atoms with van der Waals surface area (Å²) in [5.41, 5.74) is 0.990. The second-order valence-corrected chi connectivity index (χ2v) is 5.81. The zero-order valence-corrected chi connectivity index (χ0v) is 13.7. The Kier molecular flexibility index (Phi) is 5.47. The number of hydrogen-bond donors (Lipinski definition) is 1. The third-order valence-corrected chi connectivity index (χ3v) is 4.20. The van der Waals surface area contributed by atoms with E-state index in [4.69, 9.17) is 14.6 Å². The molecule has 0 saturated heterocycles. The summed E-state index contributed by atoms with van der Waals surface area (Å²) in [4.78, 5) is 24.6. The largest absolute Gasteiger partial charge is 0.497 e. The molecule has 1 amide bonds. The zero-order valence-electron chi connectivity index (χ0n) is 13.7. The maximum atomic E-state index is 12.4. The summed E-state index contributed by atoms with van der Waals surface area (Å²) in [6.07, 6.45) is 1.33. The van der Waals surface area contributed by atoms with E-state index in [2.05, 4.69) is 0 Å². The van der Waals surface area contributed by atoms with E-state index in [1.54, 1.807) is 26.2 Å². The number of carbonyl (C=O) groups is 2. The van der Waals surface area contributed by atoms with Crippen LogP contribution in [0.25, 0.3) is 0 Å². The number of aliphatic carboxylic acids is 1. The van der Waals surface area contributed by atoms with E-state index in [1.165, 1.54) is 0 Å². The molecule has 0 bridgehead atoms. The number of carboxylic acids is 1. The monoisotopic (exact) mass is 321 g/mol. The summed E-state index contributed by atoms with van der Waals surface area (Å²) in [6, 6.07) is 5.60. The highest BCUT2D eigenvalue weighted by Crippen LogP contribution is 2.51. The SMILES string of the molecule is COc1ccc(OC)c(C2CC2C(=O)N(C)CCCC(=O)O)c1. The number of benzene rings is 1. The summed E-state index contributed by atoms with van der Waals surface area (Å²) in [7, 11) is 4.95. The van der Waals surface area contributed by atoms with Gasteiger partial charge in [0.15, 0.2) is 0 Å². The maximum Gasteiger partial charge on any atom is 0.303 e. The fourth-order valence-electron chi connectivity index (χ4n) is 2.80. The third kappa shape index (κ3) is 4.15. The van der Waals surface area contributed by atoms with Crippen molar-refractivity contribution in [3.63, 3.8) is 0 Å². The molecule has 1 aromatic carbocycles. The lowest BCUT2D eigenvalue weighted by Crippen LogP contribution is -2.29. The van der Waals surface area contributed by atoms with Crippen LogP contribution in [0.2, 0.25) is 0 Å². The lowest BCUT2D eigenvalue weighted by atomic mass is 10.1. The molecule has 1 aromatic rings. The van der Waals surface area contributed by atoms with Crippen LogP contribution < -0.4 is 9.47 Å². The molecule has 1 saturated carbocycles. The molecule has 0 heterocycles. The summed E-state index contributed by atoms with van der Waals surface area (Å²) < 4.78 is 10.6. The topological polar surface area (TPSA) is 76.1 Å². The smallest absolute Gasteiger partial charge is 0.303 e. The molecule has 2 rings (SSSR count). The molecule has 23 heavy (non-hydrogen) atoms. The molecule has 1 fully saturated rings. The van der Waals surface area contributed by atoms with Crippen LogP contribution in [0, 0.1) is 5.92 Å². The molecule has 0 radical (unpaired) electrons. The van der Waals surface area contributed by atoms with Crippen molar-refractivity contribution in [3.8, 4) is 11.5 Å². The number of carboxylic acid groups (broad SMARTS) is 1. The predicted molar refractivity (Wildman–Crippen MR) is 84.9 cm³/mol. The molecular formula is C17H23NO5. The van der Waals surface area contributed by atoms with E-state index >= 15 is 0 Å². The fraction of sp³-hybridized carbons (Fsp3) is 0.529. The van der Waals surface area contributed by atoms with Crippen molar-refractivity contribution in [1.29, 1.82) is 0 Å². The number of ether oxygens (including phenoxy) is 2. The van der Waals surface area contributed by atoms with E-state index in [-0.39, 0.29) is 24.2 Å². The predicted octanol–water partition coefficient (Wildman–Crippen LogP) is 2.13. The van der Waals surface area contributed by atoms with Gasteiger partial charge in [0, 0.05) is 37.4 Å². The second kappa shape index (κ2) is 7.35. The van der Waals surface area contributed by atoms with Gasteiger partial charge < -0.3 is 19.5 Å². The molecule has 6 nitrogen and oxygen atoms in total. The Bertz CT molecular complexity index is 586. The molecule has 0 spiro atoms. The molecule has 1 aliphatic carbocycles. The number of nitrogens with zero attached hydrogens (tertiary/aromatic N) is 1. The second-order valence-electron chi connectivity index (χ2n) is 5.81. The quantitative estimate of drug-likeness (QED) is 0.794. The van der Waals surface area contributed by atoms with Crippen LogP contribution in [-0.2, 0) is 9.59 Å². The fourth-order valence-corrected chi connectivity index (χ4v) is 2.80. The van der Waals surface area contributed by atoms with Crippen molar-refractivity contribution in [2.75, 3.05) is 27.8 Å². The van der Waals surface area contributed by atoms with Gasteiger partial charge in [-0.2, -0.15) is 0 Å². The Morgan fingerprint density at radius 3 is 2.65 bits per heavy atom. The van der Waals surface area contributed by atoms with Crippen LogP contribution in [0.3, 0.4) is 0 Å². The average molecular weight is 321 g/mol. The molecular weight excluding hydrogens is 298 g/mol. The molecule has 126 valence electrons. The number of hydrogen-bond acceptors (Lipinski definition) is 4. The van der Waals surface area contributed by atoms with Crippen LogP contribution in [0.4, 0.5) is 0 Å². The minimum absolute atomic E-state index is 0.0604. The van der Waals surface area contributed by atoms with Crippen molar-refractivity contribution in [3.05, 3.63) is 23.8 Å². The molecule has 2 unspecified atom stereocenters. The van der Waals surface area contributed by atoms with Crippen LogP contribution in [-0.4, -0.2) is 49.7 Å². The zero-order chi connectivity index (χ0) is 17.0. The van der Waals surface area contributed by atoms with Crippen molar-refractivity contribution in [2.45, 2.75) is 25.2 Å². The first-order chi connectivity index (χ1) is 11.0. The normalized spacial score (nSPS) is 19.1. The van der Waals surface area contributed by atoms with Crippen molar-refractivity contribution in [1.82, 2.24) is 4.90 Å². The molecule has 0 aliphatic heterocycles. The van der Waals surface area contributed by atoms with Crippen molar-refractivity contribution < 1.29 is 24.2 Å². The van der Waals surface area contributed by atoms with Gasteiger partial charge in [-0.3, -0.25) is 9.59 Å². The van der Waals surface area contributed by atoms with Crippen LogP contribution in [0.15, 0.2) is 18.2 Å². The van der Waals surface area contributed by atoms with Crippen LogP contribution in [0.1, 0.15) is 30.7 Å². The minimum atomic E-state index is -0.837. The van der Waals surface area contributed by atoms with Gasteiger partial charge in [0.2, 0.25) is 5.91 Å². The first kappa shape index (κ1) is 17.1. The van der Waals surface area contributed by atoms with Gasteiger partial charge in [0.1, 0.15) is 11.5 Å². The van der Waals surface area contributed by atoms with Crippen molar-refractivity contribution in [2.24, 2.45) is 5.92 Å². The molecule has 2 atom stereocenters. The third-order valence-electron chi connectivity index (χ3n) is 4.20. The highest BCUT2D eigenvalue weighted by Gasteiger charge is 2.46. The van der Waals surface area contributed by atoms with Gasteiger partial charge >= 0.3 is 5.97 Å². The Labute approximate surface area is 136 Å². The van der Waals surface area contributed by atoms with Gasteiger partial charge in [0.25, 0.3) is 0 Å². The van der Waals surface area contributed by atoms with Crippen molar-refractivity contribution >= 4 is 11.9 Å². The first-order valence-electron chi connectivity index (χ1n) is 7.66. The van der Waals surface area contributed by atoms with Gasteiger partial charge in [-0.05, 0) is 31.0 Å². The number of carbonyl (C=O) groups excluding carboxylic acids is 1. The Morgan fingerprint density at radius 1 is 1.30 bits per heavy atom. The van der Waals surface area contributed by atoms with E-state index in [0.29, 0.717) is 13.0 Å². The highest BCUT2D eigenvalue weighted by molar-refractivity contribution is 5.83. The molecule has 0 aromatic heterocycles. The minimum Gasteiger partial charge on any atom is -0.497 e. The van der Waals surface area contributed by atoms with E-state index in [0.717, 1.165) is 23.5 Å². The molecule has 1 aliphatic rings. The average Bonchev–Trinajstić information content (AvgIpc) is 3.33. The van der Waals surface area contributed by atoms with Gasteiger partial charge in [-0.1, -0.05) is 0 Å². The maximum absolute atomic E-state index is 12.4. The van der Waals surface area contributed by atoms with Gasteiger partial charge in [-0.25, -0.2) is 0 Å². The number of rotatable bonds is 8. The molecule has 6 heteroatoms. The number of amides is 1. The summed E-state index contributed by atoms with van der Waals surface area (Å²) in [5.74, 6) is 0.801.